The van der Waals surface area contributed by atoms with E-state index in [0.717, 1.165) is 28.5 Å². The van der Waals surface area contributed by atoms with Crippen LogP contribution in [0.4, 0.5) is 0 Å². The Morgan fingerprint density at radius 3 is 2.65 bits per heavy atom. The summed E-state index contributed by atoms with van der Waals surface area (Å²) in [6.07, 6.45) is 0.953. The fourth-order valence-corrected chi connectivity index (χ4v) is 2.97. The molecule has 5 heteroatoms. The van der Waals surface area contributed by atoms with Crippen LogP contribution in [-0.4, -0.2) is 36.7 Å². The molecule has 0 aliphatic rings. The molecule has 4 N–H and O–H groups in total. The molecule has 2 aromatic carbocycles. The number of hydrogen-bond donors (Lipinski definition) is 3. The number of aromatic amines is 1. The minimum atomic E-state index is -0.227. The van der Waals surface area contributed by atoms with Gasteiger partial charge in [0.15, 0.2) is 0 Å². The van der Waals surface area contributed by atoms with Crippen molar-refractivity contribution in [3.63, 3.8) is 0 Å². The Balaban J connectivity index is 1.82. The van der Waals surface area contributed by atoms with Crippen molar-refractivity contribution < 1.29 is 9.53 Å². The maximum atomic E-state index is 12.8. The lowest BCUT2D eigenvalue weighted by atomic mass is 10.0. The van der Waals surface area contributed by atoms with E-state index in [1.54, 1.807) is 0 Å². The van der Waals surface area contributed by atoms with Crippen molar-refractivity contribution in [2.24, 2.45) is 5.73 Å². The number of amides is 1. The summed E-state index contributed by atoms with van der Waals surface area (Å²) < 4.78 is 5.44. The first-order chi connectivity index (χ1) is 12.7. The van der Waals surface area contributed by atoms with Crippen LogP contribution in [0.25, 0.3) is 22.0 Å². The molecule has 0 saturated carbocycles. The third-order valence-electron chi connectivity index (χ3n) is 4.20. The first-order valence-electron chi connectivity index (χ1n) is 8.98. The second kappa shape index (κ2) is 8.65. The number of aromatic nitrogens is 1. The molecule has 5 nitrogen and oxygen atoms in total. The fourth-order valence-electron chi connectivity index (χ4n) is 2.97. The van der Waals surface area contributed by atoms with Crippen molar-refractivity contribution in [2.75, 3.05) is 19.8 Å². The molecular weight excluding hydrogens is 326 g/mol. The van der Waals surface area contributed by atoms with Crippen LogP contribution in [-0.2, 0) is 4.74 Å². The number of rotatable bonds is 8. The van der Waals surface area contributed by atoms with Gasteiger partial charge in [-0.2, -0.15) is 0 Å². The first kappa shape index (κ1) is 18.2. The number of H-pyrrole nitrogens is 1. The van der Waals surface area contributed by atoms with Crippen molar-refractivity contribution in [3.8, 4) is 11.1 Å². The van der Waals surface area contributed by atoms with Gasteiger partial charge < -0.3 is 20.8 Å². The predicted molar refractivity (Wildman–Crippen MR) is 105 cm³/mol. The summed E-state index contributed by atoms with van der Waals surface area (Å²) in [5.74, 6) is -0.161. The zero-order chi connectivity index (χ0) is 18.4. The molecule has 0 radical (unpaired) electrons. The second-order valence-electron chi connectivity index (χ2n) is 6.33. The van der Waals surface area contributed by atoms with Gasteiger partial charge in [-0.25, -0.2) is 0 Å². The van der Waals surface area contributed by atoms with Crippen molar-refractivity contribution in [1.82, 2.24) is 10.3 Å². The third-order valence-corrected chi connectivity index (χ3v) is 4.20. The molecule has 1 heterocycles. The summed E-state index contributed by atoms with van der Waals surface area (Å²) in [4.78, 5) is 16.1. The standard InChI is InChI=1S/C21H25N3O2/c1-2-12-26-14-16(22)13-23-21(25)20-19(15-8-4-3-5-9-15)17-10-6-7-11-18(17)24-20/h3-11,16,24H,2,12-14,22H2,1H3,(H,23,25)/t16-/m1/s1. The summed E-state index contributed by atoms with van der Waals surface area (Å²) in [6, 6.07) is 17.6. The molecule has 1 atom stereocenters. The number of carbonyl (C=O) groups excluding carboxylic acids is 1. The van der Waals surface area contributed by atoms with E-state index in [0.29, 0.717) is 25.5 Å². The molecule has 0 aliphatic carbocycles. The largest absolute Gasteiger partial charge is 0.380 e. The van der Waals surface area contributed by atoms with Crippen molar-refractivity contribution in [1.29, 1.82) is 0 Å². The Bertz CT molecular complexity index is 858. The lowest BCUT2D eigenvalue weighted by Gasteiger charge is -2.13. The molecule has 0 unspecified atom stereocenters. The maximum Gasteiger partial charge on any atom is 0.268 e. The molecule has 0 saturated heterocycles. The summed E-state index contributed by atoms with van der Waals surface area (Å²) >= 11 is 0. The number of nitrogens with one attached hydrogen (secondary N) is 2. The third kappa shape index (κ3) is 4.12. The smallest absolute Gasteiger partial charge is 0.268 e. The highest BCUT2D eigenvalue weighted by Crippen LogP contribution is 2.32. The van der Waals surface area contributed by atoms with Gasteiger partial charge in [-0.05, 0) is 18.1 Å². The number of carbonyl (C=O) groups is 1. The van der Waals surface area contributed by atoms with E-state index < -0.39 is 0 Å². The number of nitrogens with two attached hydrogens (primary N) is 1. The molecule has 1 amide bonds. The van der Waals surface area contributed by atoms with Gasteiger partial charge in [-0.3, -0.25) is 4.79 Å². The van der Waals surface area contributed by atoms with Gasteiger partial charge in [0.2, 0.25) is 0 Å². The van der Waals surface area contributed by atoms with Crippen LogP contribution in [0.2, 0.25) is 0 Å². The Morgan fingerprint density at radius 1 is 1.15 bits per heavy atom. The second-order valence-corrected chi connectivity index (χ2v) is 6.33. The van der Waals surface area contributed by atoms with Crippen LogP contribution in [0, 0.1) is 0 Å². The van der Waals surface area contributed by atoms with Crippen molar-refractivity contribution in [3.05, 3.63) is 60.3 Å². The van der Waals surface area contributed by atoms with E-state index in [1.807, 2.05) is 61.5 Å². The average molecular weight is 351 g/mol. The van der Waals surface area contributed by atoms with Crippen LogP contribution in [0.5, 0.6) is 0 Å². The van der Waals surface area contributed by atoms with Crippen molar-refractivity contribution >= 4 is 16.8 Å². The molecule has 26 heavy (non-hydrogen) atoms. The van der Waals surface area contributed by atoms with Gasteiger partial charge in [0, 0.05) is 35.7 Å². The molecule has 0 bridgehead atoms. The highest BCUT2D eigenvalue weighted by molar-refractivity contribution is 6.09. The lowest BCUT2D eigenvalue weighted by molar-refractivity contribution is 0.0926. The quantitative estimate of drug-likeness (QED) is 0.545. The SMILES string of the molecule is CCCOC[C@H](N)CNC(=O)c1[nH]c2ccccc2c1-c1ccccc1. The van der Waals surface area contributed by atoms with Crippen LogP contribution in [0.1, 0.15) is 23.8 Å². The monoisotopic (exact) mass is 351 g/mol. The molecule has 136 valence electrons. The zero-order valence-electron chi connectivity index (χ0n) is 15.0. The topological polar surface area (TPSA) is 80.1 Å². The van der Waals surface area contributed by atoms with Crippen LogP contribution in [0.3, 0.4) is 0 Å². The first-order valence-corrected chi connectivity index (χ1v) is 8.98. The highest BCUT2D eigenvalue weighted by Gasteiger charge is 2.19. The Kier molecular flexibility index (Phi) is 6.04. The molecule has 0 aliphatic heterocycles. The highest BCUT2D eigenvalue weighted by atomic mass is 16.5. The van der Waals surface area contributed by atoms with Crippen LogP contribution < -0.4 is 11.1 Å². The number of ether oxygens (including phenoxy) is 1. The summed E-state index contributed by atoms with van der Waals surface area (Å²) in [5.41, 5.74) is 9.42. The Hall–Kier alpha value is -2.63. The minimum Gasteiger partial charge on any atom is -0.380 e. The molecule has 0 fully saturated rings. The van der Waals surface area contributed by atoms with Gasteiger partial charge >= 0.3 is 0 Å². The Morgan fingerprint density at radius 2 is 1.88 bits per heavy atom. The average Bonchev–Trinajstić information content (AvgIpc) is 3.06. The minimum absolute atomic E-state index is 0.161. The number of hydrogen-bond acceptors (Lipinski definition) is 3. The number of fused-ring (bicyclic) bond motifs is 1. The lowest BCUT2D eigenvalue weighted by Crippen LogP contribution is -2.40. The molecule has 3 aromatic rings. The zero-order valence-corrected chi connectivity index (χ0v) is 15.0. The van der Waals surface area contributed by atoms with Gasteiger partial charge in [-0.1, -0.05) is 55.5 Å². The maximum absolute atomic E-state index is 12.8. The van der Waals surface area contributed by atoms with Gasteiger partial charge in [-0.15, -0.1) is 0 Å². The predicted octanol–water partition coefficient (Wildman–Crippen LogP) is 3.32. The summed E-state index contributed by atoms with van der Waals surface area (Å²) in [7, 11) is 0. The van der Waals surface area contributed by atoms with Gasteiger partial charge in [0.1, 0.15) is 5.69 Å². The molecular formula is C21H25N3O2. The van der Waals surface area contributed by atoms with E-state index in [9.17, 15) is 4.79 Å². The number of benzene rings is 2. The van der Waals surface area contributed by atoms with Crippen molar-refractivity contribution in [2.45, 2.75) is 19.4 Å². The van der Waals surface area contributed by atoms with E-state index in [4.69, 9.17) is 10.5 Å². The Labute approximate surface area is 153 Å². The van der Waals surface area contributed by atoms with Crippen LogP contribution >= 0.6 is 0 Å². The molecule has 0 spiro atoms. The summed E-state index contributed by atoms with van der Waals surface area (Å²) in [5, 5.41) is 3.95. The van der Waals surface area contributed by atoms with E-state index in [1.165, 1.54) is 0 Å². The van der Waals surface area contributed by atoms with E-state index in [2.05, 4.69) is 10.3 Å². The molecule has 3 rings (SSSR count). The van der Waals surface area contributed by atoms with E-state index >= 15 is 0 Å². The van der Waals surface area contributed by atoms with Gasteiger partial charge in [0.05, 0.1) is 6.61 Å². The van der Waals surface area contributed by atoms with Gasteiger partial charge in [0.25, 0.3) is 5.91 Å². The number of para-hydroxylation sites is 1. The molecule has 1 aromatic heterocycles. The van der Waals surface area contributed by atoms with E-state index in [-0.39, 0.29) is 11.9 Å². The van der Waals surface area contributed by atoms with Crippen LogP contribution in [0.15, 0.2) is 54.6 Å². The summed E-state index contributed by atoms with van der Waals surface area (Å²) in [6.45, 7) is 3.54. The normalized spacial score (nSPS) is 12.2. The fraction of sp³-hybridized carbons (Fsp3) is 0.286.